The van der Waals surface area contributed by atoms with Gasteiger partial charge < -0.3 is 10.4 Å². The Labute approximate surface area is 105 Å². The second-order valence-electron chi connectivity index (χ2n) is 4.01. The van der Waals surface area contributed by atoms with Crippen LogP contribution in [-0.2, 0) is 16.0 Å². The molecule has 4 nitrogen and oxygen atoms in total. The number of hydrogen-bond donors (Lipinski definition) is 2. The summed E-state index contributed by atoms with van der Waals surface area (Å²) in [5.41, 5.74) is 0.623. The molecule has 0 atom stereocenters. The summed E-state index contributed by atoms with van der Waals surface area (Å²) in [5, 5.41) is 11.1. The van der Waals surface area contributed by atoms with Crippen molar-refractivity contribution in [1.29, 1.82) is 0 Å². The Hall–Kier alpha value is -1.91. The number of unbranched alkanes of at least 4 members (excludes halogenated alkanes) is 1. The molecule has 2 N–H and O–H groups in total. The fourth-order valence-electron chi connectivity index (χ4n) is 1.52. The summed E-state index contributed by atoms with van der Waals surface area (Å²) < 4.78 is 12.9. The SMILES string of the molecule is O=C(O)CCCCNC(=O)Cc1cccc(F)c1. The van der Waals surface area contributed by atoms with Crippen LogP contribution >= 0.6 is 0 Å². The Morgan fingerprint density at radius 3 is 2.72 bits per heavy atom. The van der Waals surface area contributed by atoms with Crippen molar-refractivity contribution in [3.8, 4) is 0 Å². The summed E-state index contributed by atoms with van der Waals surface area (Å²) in [6.07, 6.45) is 1.41. The zero-order chi connectivity index (χ0) is 13.4. The largest absolute Gasteiger partial charge is 0.481 e. The minimum atomic E-state index is -0.832. The maximum absolute atomic E-state index is 12.9. The molecule has 0 saturated carbocycles. The molecule has 0 bridgehead atoms. The van der Waals surface area contributed by atoms with Crippen molar-refractivity contribution in [2.45, 2.75) is 25.7 Å². The van der Waals surface area contributed by atoms with Gasteiger partial charge in [-0.15, -0.1) is 0 Å². The third-order valence-corrected chi connectivity index (χ3v) is 2.39. The van der Waals surface area contributed by atoms with Gasteiger partial charge in [-0.05, 0) is 30.5 Å². The van der Waals surface area contributed by atoms with E-state index in [1.54, 1.807) is 12.1 Å². The summed E-state index contributed by atoms with van der Waals surface area (Å²) in [5.74, 6) is -1.38. The number of nitrogens with one attached hydrogen (secondary N) is 1. The van der Waals surface area contributed by atoms with Crippen LogP contribution < -0.4 is 5.32 Å². The smallest absolute Gasteiger partial charge is 0.303 e. The third-order valence-electron chi connectivity index (χ3n) is 2.39. The highest BCUT2D eigenvalue weighted by Crippen LogP contribution is 2.04. The highest BCUT2D eigenvalue weighted by molar-refractivity contribution is 5.78. The van der Waals surface area contributed by atoms with Crippen LogP contribution in [0.2, 0.25) is 0 Å². The normalized spacial score (nSPS) is 10.1. The van der Waals surface area contributed by atoms with Crippen LogP contribution in [0.1, 0.15) is 24.8 Å². The Bertz CT molecular complexity index is 420. The van der Waals surface area contributed by atoms with Crippen LogP contribution in [0.4, 0.5) is 4.39 Å². The van der Waals surface area contributed by atoms with Gasteiger partial charge >= 0.3 is 5.97 Å². The number of carbonyl (C=O) groups excluding carboxylic acids is 1. The third kappa shape index (κ3) is 5.98. The summed E-state index contributed by atoms with van der Waals surface area (Å²) >= 11 is 0. The van der Waals surface area contributed by atoms with Gasteiger partial charge in [0.1, 0.15) is 5.82 Å². The van der Waals surface area contributed by atoms with E-state index in [4.69, 9.17) is 5.11 Å². The van der Waals surface area contributed by atoms with Gasteiger partial charge in [0.15, 0.2) is 0 Å². The molecule has 0 spiro atoms. The first kappa shape index (κ1) is 14.2. The van der Waals surface area contributed by atoms with Crippen molar-refractivity contribution < 1.29 is 19.1 Å². The van der Waals surface area contributed by atoms with E-state index in [0.717, 1.165) is 0 Å². The minimum absolute atomic E-state index is 0.111. The molecule has 0 aliphatic rings. The van der Waals surface area contributed by atoms with Gasteiger partial charge in [-0.3, -0.25) is 9.59 Å². The van der Waals surface area contributed by atoms with Crippen molar-refractivity contribution in [1.82, 2.24) is 5.32 Å². The maximum Gasteiger partial charge on any atom is 0.303 e. The molecule has 98 valence electrons. The molecule has 1 aromatic carbocycles. The van der Waals surface area contributed by atoms with Crippen molar-refractivity contribution in [2.75, 3.05) is 6.54 Å². The maximum atomic E-state index is 12.9. The van der Waals surface area contributed by atoms with Crippen LogP contribution in [-0.4, -0.2) is 23.5 Å². The monoisotopic (exact) mass is 253 g/mol. The molecule has 0 heterocycles. The highest BCUT2D eigenvalue weighted by Gasteiger charge is 2.04. The summed E-state index contributed by atoms with van der Waals surface area (Å²) in [6, 6.07) is 5.90. The van der Waals surface area contributed by atoms with Crippen LogP contribution in [0.3, 0.4) is 0 Å². The van der Waals surface area contributed by atoms with Crippen LogP contribution in [0.15, 0.2) is 24.3 Å². The topological polar surface area (TPSA) is 66.4 Å². The number of benzene rings is 1. The number of carbonyl (C=O) groups is 2. The average Bonchev–Trinajstić information content (AvgIpc) is 2.28. The van der Waals surface area contributed by atoms with Gasteiger partial charge in [0.25, 0.3) is 0 Å². The molecule has 1 aromatic rings. The fourth-order valence-corrected chi connectivity index (χ4v) is 1.52. The molecular weight excluding hydrogens is 237 g/mol. The Morgan fingerprint density at radius 1 is 1.28 bits per heavy atom. The molecule has 0 aromatic heterocycles. The highest BCUT2D eigenvalue weighted by atomic mass is 19.1. The molecular formula is C13H16FNO3. The number of rotatable bonds is 7. The first-order valence-corrected chi connectivity index (χ1v) is 5.81. The van der Waals surface area contributed by atoms with E-state index < -0.39 is 5.97 Å². The Balaban J connectivity index is 2.20. The molecule has 5 heteroatoms. The molecule has 0 saturated heterocycles. The summed E-state index contributed by atoms with van der Waals surface area (Å²) in [4.78, 5) is 21.7. The molecule has 0 aliphatic heterocycles. The van der Waals surface area contributed by atoms with Crippen molar-refractivity contribution in [3.05, 3.63) is 35.6 Å². The van der Waals surface area contributed by atoms with Gasteiger partial charge in [0, 0.05) is 13.0 Å². The van der Waals surface area contributed by atoms with E-state index >= 15 is 0 Å². The van der Waals surface area contributed by atoms with Gasteiger partial charge in [-0.1, -0.05) is 12.1 Å². The molecule has 0 unspecified atom stereocenters. The summed E-state index contributed by atoms with van der Waals surface area (Å²) in [7, 11) is 0. The van der Waals surface area contributed by atoms with E-state index in [9.17, 15) is 14.0 Å². The molecule has 1 amide bonds. The number of amides is 1. The van der Waals surface area contributed by atoms with Gasteiger partial charge in [0.2, 0.25) is 5.91 Å². The predicted octanol–water partition coefficient (Wildman–Crippen LogP) is 1.74. The van der Waals surface area contributed by atoms with Crippen molar-refractivity contribution in [2.24, 2.45) is 0 Å². The first-order chi connectivity index (χ1) is 8.58. The molecule has 0 radical (unpaired) electrons. The zero-order valence-corrected chi connectivity index (χ0v) is 9.99. The van der Waals surface area contributed by atoms with E-state index in [1.165, 1.54) is 12.1 Å². The minimum Gasteiger partial charge on any atom is -0.481 e. The van der Waals surface area contributed by atoms with Crippen molar-refractivity contribution in [3.63, 3.8) is 0 Å². The quantitative estimate of drug-likeness (QED) is 0.727. The fraction of sp³-hybridized carbons (Fsp3) is 0.385. The molecule has 0 aliphatic carbocycles. The lowest BCUT2D eigenvalue weighted by Gasteiger charge is -2.04. The van der Waals surface area contributed by atoms with Crippen molar-refractivity contribution >= 4 is 11.9 Å². The second kappa shape index (κ2) is 7.42. The number of aliphatic carboxylic acids is 1. The average molecular weight is 253 g/mol. The van der Waals surface area contributed by atoms with Crippen LogP contribution in [0, 0.1) is 5.82 Å². The molecule has 18 heavy (non-hydrogen) atoms. The van der Waals surface area contributed by atoms with Gasteiger partial charge in [0.05, 0.1) is 6.42 Å². The van der Waals surface area contributed by atoms with E-state index in [0.29, 0.717) is 24.9 Å². The lowest BCUT2D eigenvalue weighted by atomic mass is 10.1. The van der Waals surface area contributed by atoms with Gasteiger partial charge in [-0.25, -0.2) is 4.39 Å². The Kier molecular flexibility index (Phi) is 5.84. The standard InChI is InChI=1S/C13H16FNO3/c14-11-5-3-4-10(8-11)9-12(16)15-7-2-1-6-13(17)18/h3-5,8H,1-2,6-7,9H2,(H,15,16)(H,17,18). The second-order valence-corrected chi connectivity index (χ2v) is 4.01. The zero-order valence-electron chi connectivity index (χ0n) is 9.99. The molecule has 0 fully saturated rings. The van der Waals surface area contributed by atoms with Crippen LogP contribution in [0.5, 0.6) is 0 Å². The lowest BCUT2D eigenvalue weighted by Crippen LogP contribution is -2.26. The predicted molar refractivity (Wildman–Crippen MR) is 64.6 cm³/mol. The number of carboxylic acid groups (broad SMARTS) is 1. The van der Waals surface area contributed by atoms with E-state index in [1.807, 2.05) is 0 Å². The Morgan fingerprint density at radius 2 is 2.06 bits per heavy atom. The lowest BCUT2D eigenvalue weighted by molar-refractivity contribution is -0.137. The molecule has 1 rings (SSSR count). The van der Waals surface area contributed by atoms with E-state index in [-0.39, 0.29) is 24.6 Å². The van der Waals surface area contributed by atoms with E-state index in [2.05, 4.69) is 5.32 Å². The number of hydrogen-bond acceptors (Lipinski definition) is 2. The van der Waals surface area contributed by atoms with Crippen LogP contribution in [0.25, 0.3) is 0 Å². The van der Waals surface area contributed by atoms with Gasteiger partial charge in [-0.2, -0.15) is 0 Å². The first-order valence-electron chi connectivity index (χ1n) is 5.81. The number of carboxylic acids is 1. The number of halogens is 1. The summed E-state index contributed by atoms with van der Waals surface area (Å²) in [6.45, 7) is 0.446.